The third-order valence-corrected chi connectivity index (χ3v) is 5.77. The molecule has 30 heavy (non-hydrogen) atoms. The molecule has 1 heterocycles. The standard InChI is InChI=1S/C26H21ClN2O/c1-18-10-12-19(13-11-18)16-29-23-9-5-4-8-22(23)28-25(29)17-30-24-15-14-20-6-2-3-7-21(20)26(24)27/h2-15H,16-17H2,1H3. The molecule has 4 heteroatoms. The predicted octanol–water partition coefficient (Wildman–Crippen LogP) is 6.78. The topological polar surface area (TPSA) is 27.1 Å². The van der Waals surface area contributed by atoms with E-state index in [2.05, 4.69) is 41.8 Å². The molecule has 0 aliphatic heterocycles. The number of aromatic nitrogens is 2. The largest absolute Gasteiger partial charge is 0.484 e. The summed E-state index contributed by atoms with van der Waals surface area (Å²) in [7, 11) is 0. The molecule has 0 aliphatic rings. The highest BCUT2D eigenvalue weighted by molar-refractivity contribution is 6.37. The normalized spacial score (nSPS) is 11.3. The van der Waals surface area contributed by atoms with Gasteiger partial charge in [0.15, 0.2) is 0 Å². The van der Waals surface area contributed by atoms with E-state index in [1.807, 2.05) is 54.6 Å². The van der Waals surface area contributed by atoms with Crippen molar-refractivity contribution in [1.29, 1.82) is 0 Å². The van der Waals surface area contributed by atoms with Gasteiger partial charge in [0.05, 0.1) is 16.1 Å². The van der Waals surface area contributed by atoms with Crippen molar-refractivity contribution in [3.63, 3.8) is 0 Å². The van der Waals surface area contributed by atoms with Gasteiger partial charge in [-0.05, 0) is 36.1 Å². The average molecular weight is 413 g/mol. The summed E-state index contributed by atoms with van der Waals surface area (Å²) in [6, 6.07) is 28.8. The van der Waals surface area contributed by atoms with E-state index >= 15 is 0 Å². The monoisotopic (exact) mass is 412 g/mol. The van der Waals surface area contributed by atoms with Crippen molar-refractivity contribution in [3.05, 3.63) is 107 Å². The Hall–Kier alpha value is -3.30. The summed E-state index contributed by atoms with van der Waals surface area (Å²) in [5.41, 5.74) is 4.55. The van der Waals surface area contributed by atoms with E-state index in [9.17, 15) is 0 Å². The average Bonchev–Trinajstić information content (AvgIpc) is 3.12. The van der Waals surface area contributed by atoms with Crippen LogP contribution in [-0.2, 0) is 13.2 Å². The number of rotatable bonds is 5. The molecule has 0 radical (unpaired) electrons. The van der Waals surface area contributed by atoms with Gasteiger partial charge in [-0.25, -0.2) is 4.98 Å². The fraction of sp³-hybridized carbons (Fsp3) is 0.115. The first-order valence-electron chi connectivity index (χ1n) is 9.99. The highest BCUT2D eigenvalue weighted by Crippen LogP contribution is 2.33. The molecule has 3 nitrogen and oxygen atoms in total. The van der Waals surface area contributed by atoms with Crippen LogP contribution in [0.3, 0.4) is 0 Å². The first kappa shape index (κ1) is 18.7. The maximum Gasteiger partial charge on any atom is 0.148 e. The number of fused-ring (bicyclic) bond motifs is 2. The molecule has 0 fully saturated rings. The number of para-hydroxylation sites is 2. The second kappa shape index (κ2) is 7.85. The number of hydrogen-bond acceptors (Lipinski definition) is 2. The van der Waals surface area contributed by atoms with Crippen LogP contribution < -0.4 is 4.74 Å². The van der Waals surface area contributed by atoms with Crippen LogP contribution in [0.1, 0.15) is 17.0 Å². The summed E-state index contributed by atoms with van der Waals surface area (Å²) < 4.78 is 8.36. The molecule has 1 aromatic heterocycles. The first-order chi connectivity index (χ1) is 14.7. The van der Waals surface area contributed by atoms with E-state index in [-0.39, 0.29) is 0 Å². The summed E-state index contributed by atoms with van der Waals surface area (Å²) in [5.74, 6) is 1.55. The predicted molar refractivity (Wildman–Crippen MR) is 123 cm³/mol. The Labute approximate surface area is 180 Å². The van der Waals surface area contributed by atoms with E-state index in [0.29, 0.717) is 17.4 Å². The molecule has 0 N–H and O–H groups in total. The molecular formula is C26H21ClN2O. The van der Waals surface area contributed by atoms with E-state index in [0.717, 1.165) is 34.2 Å². The Kier molecular flexibility index (Phi) is 4.89. The van der Waals surface area contributed by atoms with Crippen molar-refractivity contribution in [2.75, 3.05) is 0 Å². The number of benzene rings is 4. The summed E-state index contributed by atoms with van der Waals surface area (Å²) in [4.78, 5) is 4.83. The molecule has 0 atom stereocenters. The number of imidazole rings is 1. The fourth-order valence-corrected chi connectivity index (χ4v) is 4.05. The minimum Gasteiger partial charge on any atom is -0.484 e. The van der Waals surface area contributed by atoms with Crippen LogP contribution in [-0.4, -0.2) is 9.55 Å². The summed E-state index contributed by atoms with van der Waals surface area (Å²) >= 11 is 6.62. The van der Waals surface area contributed by atoms with Crippen LogP contribution in [0.4, 0.5) is 0 Å². The molecular weight excluding hydrogens is 392 g/mol. The Bertz CT molecular complexity index is 1340. The van der Waals surface area contributed by atoms with Gasteiger partial charge in [-0.15, -0.1) is 0 Å². The molecule has 5 aromatic rings. The van der Waals surface area contributed by atoms with Gasteiger partial charge < -0.3 is 9.30 Å². The van der Waals surface area contributed by atoms with Crippen molar-refractivity contribution >= 4 is 33.4 Å². The second-order valence-corrected chi connectivity index (χ2v) is 7.85. The molecule has 0 bridgehead atoms. The van der Waals surface area contributed by atoms with Gasteiger partial charge in [0, 0.05) is 11.9 Å². The lowest BCUT2D eigenvalue weighted by molar-refractivity contribution is 0.292. The molecule has 0 unspecified atom stereocenters. The van der Waals surface area contributed by atoms with Gasteiger partial charge in [-0.3, -0.25) is 0 Å². The number of halogens is 1. The fourth-order valence-electron chi connectivity index (χ4n) is 3.76. The lowest BCUT2D eigenvalue weighted by atomic mass is 10.1. The van der Waals surface area contributed by atoms with Crippen molar-refractivity contribution in [3.8, 4) is 5.75 Å². The molecule has 4 aromatic carbocycles. The van der Waals surface area contributed by atoms with Gasteiger partial charge in [-0.1, -0.05) is 83.9 Å². The Morgan fingerprint density at radius 1 is 0.867 bits per heavy atom. The van der Waals surface area contributed by atoms with Crippen LogP contribution in [0.5, 0.6) is 5.75 Å². The van der Waals surface area contributed by atoms with Crippen molar-refractivity contribution in [1.82, 2.24) is 9.55 Å². The van der Waals surface area contributed by atoms with Gasteiger partial charge in [0.1, 0.15) is 18.2 Å². The van der Waals surface area contributed by atoms with E-state index in [1.54, 1.807) is 0 Å². The van der Waals surface area contributed by atoms with Gasteiger partial charge >= 0.3 is 0 Å². The smallest absolute Gasteiger partial charge is 0.148 e. The zero-order chi connectivity index (χ0) is 20.5. The van der Waals surface area contributed by atoms with Crippen LogP contribution in [0.2, 0.25) is 5.02 Å². The number of aryl methyl sites for hydroxylation is 1. The molecule has 148 valence electrons. The lowest BCUT2D eigenvalue weighted by Gasteiger charge is -2.13. The number of ether oxygens (including phenoxy) is 1. The summed E-state index contributed by atoms with van der Waals surface area (Å²) in [5, 5.41) is 2.72. The lowest BCUT2D eigenvalue weighted by Crippen LogP contribution is -2.08. The molecule has 0 aliphatic carbocycles. The second-order valence-electron chi connectivity index (χ2n) is 7.48. The van der Waals surface area contributed by atoms with Crippen molar-refractivity contribution < 1.29 is 4.74 Å². The minimum atomic E-state index is 0.346. The highest BCUT2D eigenvalue weighted by Gasteiger charge is 2.13. The van der Waals surface area contributed by atoms with E-state index in [4.69, 9.17) is 21.3 Å². The summed E-state index contributed by atoms with van der Waals surface area (Å²) in [6.45, 7) is 3.19. The maximum atomic E-state index is 6.62. The van der Waals surface area contributed by atoms with Gasteiger partial charge in [-0.2, -0.15) is 0 Å². The zero-order valence-electron chi connectivity index (χ0n) is 16.7. The third kappa shape index (κ3) is 3.53. The van der Waals surface area contributed by atoms with E-state index in [1.165, 1.54) is 11.1 Å². The van der Waals surface area contributed by atoms with Crippen LogP contribution in [0.15, 0.2) is 84.9 Å². The maximum absolute atomic E-state index is 6.62. The quantitative estimate of drug-likeness (QED) is 0.318. The zero-order valence-corrected chi connectivity index (χ0v) is 17.4. The molecule has 0 saturated heterocycles. The molecule has 0 amide bonds. The number of hydrogen-bond donors (Lipinski definition) is 0. The van der Waals surface area contributed by atoms with E-state index < -0.39 is 0 Å². The number of nitrogens with zero attached hydrogens (tertiary/aromatic N) is 2. The van der Waals surface area contributed by atoms with Crippen LogP contribution in [0.25, 0.3) is 21.8 Å². The van der Waals surface area contributed by atoms with Crippen molar-refractivity contribution in [2.45, 2.75) is 20.1 Å². The van der Waals surface area contributed by atoms with Crippen molar-refractivity contribution in [2.24, 2.45) is 0 Å². The Morgan fingerprint density at radius 2 is 1.63 bits per heavy atom. The highest BCUT2D eigenvalue weighted by atomic mass is 35.5. The van der Waals surface area contributed by atoms with Gasteiger partial charge in [0.25, 0.3) is 0 Å². The first-order valence-corrected chi connectivity index (χ1v) is 10.4. The van der Waals surface area contributed by atoms with Crippen LogP contribution in [0, 0.1) is 6.92 Å². The minimum absolute atomic E-state index is 0.346. The molecule has 0 saturated carbocycles. The third-order valence-electron chi connectivity index (χ3n) is 5.38. The SMILES string of the molecule is Cc1ccc(Cn2c(COc3ccc4ccccc4c3Cl)nc3ccccc32)cc1. The molecule has 5 rings (SSSR count). The van der Waals surface area contributed by atoms with Crippen LogP contribution >= 0.6 is 11.6 Å². The van der Waals surface area contributed by atoms with Gasteiger partial charge in [0.2, 0.25) is 0 Å². The molecule has 0 spiro atoms. The Balaban J connectivity index is 1.48. The Morgan fingerprint density at radius 3 is 2.50 bits per heavy atom. The summed E-state index contributed by atoms with van der Waals surface area (Å²) in [6.07, 6.45) is 0.